The Balaban J connectivity index is 1.76. The van der Waals surface area contributed by atoms with Crippen LogP contribution in [0.25, 0.3) is 22.4 Å². The minimum Gasteiger partial charge on any atom is -0.424 e. The first-order chi connectivity index (χ1) is 14.2. The van der Waals surface area contributed by atoms with Crippen LogP contribution in [-0.4, -0.2) is 14.7 Å². The summed E-state index contributed by atoms with van der Waals surface area (Å²) in [6, 6.07) is 15.0. The van der Waals surface area contributed by atoms with E-state index in [1.807, 2.05) is 18.2 Å². The van der Waals surface area contributed by atoms with Crippen molar-refractivity contribution in [3.63, 3.8) is 0 Å². The molecule has 0 aliphatic carbocycles. The maximum absolute atomic E-state index is 13.3. The average Bonchev–Trinajstić information content (AvgIpc) is 3.06. The van der Waals surface area contributed by atoms with Crippen LogP contribution in [0.3, 0.4) is 0 Å². The second kappa shape index (κ2) is 7.93. The highest BCUT2D eigenvalue weighted by atomic mass is 19.1. The van der Waals surface area contributed by atoms with Gasteiger partial charge in [-0.1, -0.05) is 36.4 Å². The summed E-state index contributed by atoms with van der Waals surface area (Å²) >= 11 is 0. The summed E-state index contributed by atoms with van der Waals surface area (Å²) in [6.45, 7) is 3.96. The first-order valence-corrected chi connectivity index (χ1v) is 8.82. The Kier molecular flexibility index (Phi) is 5.03. The summed E-state index contributed by atoms with van der Waals surface area (Å²) in [5.74, 6) is 0.218. The topological polar surface area (TPSA) is 70.2 Å². The molecule has 0 spiro atoms. The van der Waals surface area contributed by atoms with Gasteiger partial charge in [-0.2, -0.15) is 0 Å². The Morgan fingerprint density at radius 2 is 1.72 bits per heavy atom. The van der Waals surface area contributed by atoms with Crippen molar-refractivity contribution < 1.29 is 13.7 Å². The van der Waals surface area contributed by atoms with Gasteiger partial charge in [0, 0.05) is 18.0 Å². The lowest BCUT2D eigenvalue weighted by atomic mass is 10.0. The van der Waals surface area contributed by atoms with E-state index in [9.17, 15) is 9.18 Å². The Labute approximate surface area is 165 Å². The zero-order valence-electron chi connectivity index (χ0n) is 15.3. The van der Waals surface area contributed by atoms with Crippen LogP contribution in [0.1, 0.15) is 0 Å². The number of allylic oxidation sites excluding steroid dienone is 1. The number of benzene rings is 2. The van der Waals surface area contributed by atoms with Gasteiger partial charge in [0.1, 0.15) is 17.3 Å². The molecular weight excluding hydrogens is 373 g/mol. The van der Waals surface area contributed by atoms with Gasteiger partial charge in [-0.05, 0) is 29.8 Å². The van der Waals surface area contributed by atoms with Gasteiger partial charge in [0.15, 0.2) is 0 Å². The lowest BCUT2D eigenvalue weighted by molar-refractivity contribution is 0.273. The minimum absolute atomic E-state index is 0.171. The average molecular weight is 389 g/mol. The molecular formula is C22H16FN3O3. The number of ether oxygens (including phenoxy) is 1. The lowest BCUT2D eigenvalue weighted by Crippen LogP contribution is -1.99. The third-order valence-electron chi connectivity index (χ3n) is 4.17. The number of halogens is 1. The number of nitrogens with zero attached hydrogens (tertiary/aromatic N) is 3. The molecule has 4 aromatic rings. The second-order valence-electron chi connectivity index (χ2n) is 6.13. The fourth-order valence-corrected chi connectivity index (χ4v) is 2.90. The molecule has 144 valence electrons. The molecule has 0 radical (unpaired) electrons. The van der Waals surface area contributed by atoms with E-state index in [0.717, 1.165) is 0 Å². The Morgan fingerprint density at radius 1 is 1.03 bits per heavy atom. The SMILES string of the molecule is C=CCn1oc(=O)c(-c2ccc(F)cc2)c1-c1cnc(Oc2ccccc2)nc1. The van der Waals surface area contributed by atoms with Gasteiger partial charge in [-0.15, -0.1) is 6.58 Å². The van der Waals surface area contributed by atoms with Crippen molar-refractivity contribution in [2.24, 2.45) is 0 Å². The molecule has 0 aliphatic rings. The molecule has 0 bridgehead atoms. The molecule has 0 atom stereocenters. The van der Waals surface area contributed by atoms with Gasteiger partial charge >= 0.3 is 11.6 Å². The van der Waals surface area contributed by atoms with Crippen LogP contribution in [0.4, 0.5) is 4.39 Å². The normalized spacial score (nSPS) is 10.7. The van der Waals surface area contributed by atoms with Gasteiger partial charge in [0.25, 0.3) is 0 Å². The summed E-state index contributed by atoms with van der Waals surface area (Å²) < 4.78 is 25.7. The van der Waals surface area contributed by atoms with Crippen molar-refractivity contribution >= 4 is 0 Å². The van der Waals surface area contributed by atoms with Gasteiger partial charge in [0.05, 0.1) is 12.1 Å². The number of hydrogen-bond acceptors (Lipinski definition) is 5. The quantitative estimate of drug-likeness (QED) is 0.448. The number of para-hydroxylation sites is 1. The summed E-state index contributed by atoms with van der Waals surface area (Å²) in [5.41, 5.74) is 1.32. The van der Waals surface area contributed by atoms with Crippen LogP contribution in [-0.2, 0) is 6.54 Å². The zero-order valence-corrected chi connectivity index (χ0v) is 15.3. The smallest absolute Gasteiger partial charge is 0.365 e. The van der Waals surface area contributed by atoms with Crippen molar-refractivity contribution in [1.29, 1.82) is 0 Å². The number of aromatic nitrogens is 3. The molecule has 0 saturated carbocycles. The van der Waals surface area contributed by atoms with Crippen molar-refractivity contribution in [3.8, 4) is 34.1 Å². The van der Waals surface area contributed by atoms with E-state index in [-0.39, 0.29) is 12.6 Å². The summed E-state index contributed by atoms with van der Waals surface area (Å²) in [5, 5.41) is 0. The van der Waals surface area contributed by atoms with E-state index in [4.69, 9.17) is 9.26 Å². The van der Waals surface area contributed by atoms with Crippen molar-refractivity contribution in [2.75, 3.05) is 0 Å². The molecule has 2 aromatic heterocycles. The largest absolute Gasteiger partial charge is 0.424 e. The molecule has 4 rings (SSSR count). The highest BCUT2D eigenvalue weighted by molar-refractivity contribution is 5.79. The summed E-state index contributed by atoms with van der Waals surface area (Å²) in [4.78, 5) is 21.0. The maximum Gasteiger partial charge on any atom is 0.365 e. The fraction of sp³-hybridized carbons (Fsp3) is 0.0455. The van der Waals surface area contributed by atoms with Gasteiger partial charge in [-0.3, -0.25) is 0 Å². The molecule has 0 N–H and O–H groups in total. The van der Waals surface area contributed by atoms with Crippen molar-refractivity contribution in [1.82, 2.24) is 14.7 Å². The molecule has 2 heterocycles. The van der Waals surface area contributed by atoms with E-state index >= 15 is 0 Å². The van der Waals surface area contributed by atoms with Crippen LogP contribution in [0.5, 0.6) is 11.8 Å². The lowest BCUT2D eigenvalue weighted by Gasteiger charge is -2.08. The minimum atomic E-state index is -0.543. The number of hydrogen-bond donors (Lipinski definition) is 0. The fourth-order valence-electron chi connectivity index (χ4n) is 2.90. The van der Waals surface area contributed by atoms with Gasteiger partial charge < -0.3 is 9.26 Å². The molecule has 7 heteroatoms. The van der Waals surface area contributed by atoms with E-state index in [1.165, 1.54) is 29.0 Å². The van der Waals surface area contributed by atoms with Gasteiger partial charge in [-0.25, -0.2) is 23.9 Å². The summed E-state index contributed by atoms with van der Waals surface area (Å²) in [7, 11) is 0. The standard InChI is InChI=1S/C22H16FN3O3/c1-2-12-26-20(19(21(27)29-26)15-8-10-17(23)11-9-15)16-13-24-22(25-14-16)28-18-6-4-3-5-7-18/h2-11,13-14H,1,12H2. The molecule has 0 amide bonds. The highest BCUT2D eigenvalue weighted by Crippen LogP contribution is 2.30. The highest BCUT2D eigenvalue weighted by Gasteiger charge is 2.21. The number of rotatable bonds is 6. The third kappa shape index (κ3) is 3.84. The molecule has 0 saturated heterocycles. The van der Waals surface area contributed by atoms with Crippen LogP contribution >= 0.6 is 0 Å². The first kappa shape index (κ1) is 18.4. The van der Waals surface area contributed by atoms with Crippen molar-refractivity contribution in [3.05, 3.63) is 95.9 Å². The van der Waals surface area contributed by atoms with E-state index < -0.39 is 11.4 Å². The third-order valence-corrected chi connectivity index (χ3v) is 4.17. The Bertz CT molecular complexity index is 1180. The molecule has 0 fully saturated rings. The monoisotopic (exact) mass is 389 g/mol. The maximum atomic E-state index is 13.3. The molecule has 6 nitrogen and oxygen atoms in total. The molecule has 0 unspecified atom stereocenters. The Hall–Kier alpha value is -4.00. The van der Waals surface area contributed by atoms with Crippen molar-refractivity contribution in [2.45, 2.75) is 6.54 Å². The summed E-state index contributed by atoms with van der Waals surface area (Å²) in [6.07, 6.45) is 4.69. The van der Waals surface area contributed by atoms with Crippen LogP contribution in [0.2, 0.25) is 0 Å². The van der Waals surface area contributed by atoms with Crippen LogP contribution in [0, 0.1) is 5.82 Å². The second-order valence-corrected chi connectivity index (χ2v) is 6.13. The predicted octanol–water partition coefficient (Wildman–Crippen LogP) is 4.68. The molecule has 0 aliphatic heterocycles. The van der Waals surface area contributed by atoms with E-state index in [1.54, 1.807) is 30.6 Å². The van der Waals surface area contributed by atoms with E-state index in [0.29, 0.717) is 28.1 Å². The molecule has 29 heavy (non-hydrogen) atoms. The van der Waals surface area contributed by atoms with E-state index in [2.05, 4.69) is 16.5 Å². The molecule has 2 aromatic carbocycles. The Morgan fingerprint density at radius 3 is 2.38 bits per heavy atom. The predicted molar refractivity (Wildman–Crippen MR) is 106 cm³/mol. The van der Waals surface area contributed by atoms with Gasteiger partial charge in [0.2, 0.25) is 0 Å². The van der Waals surface area contributed by atoms with Crippen LogP contribution < -0.4 is 10.4 Å². The first-order valence-electron chi connectivity index (χ1n) is 8.82. The van der Waals surface area contributed by atoms with Crippen LogP contribution in [0.15, 0.2) is 89.0 Å². The zero-order chi connectivity index (χ0) is 20.2.